The molecule has 0 saturated heterocycles. The van der Waals surface area contributed by atoms with Crippen molar-refractivity contribution in [3.05, 3.63) is 60.8 Å². The van der Waals surface area contributed by atoms with E-state index in [-0.39, 0.29) is 32.2 Å². The van der Waals surface area contributed by atoms with E-state index >= 15 is 0 Å². The first-order valence-electron chi connectivity index (χ1n) is 15.0. The highest BCUT2D eigenvalue weighted by atomic mass is 31.2. The lowest BCUT2D eigenvalue weighted by atomic mass is 10.2. The van der Waals surface area contributed by atoms with Gasteiger partial charge in [-0.3, -0.25) is 13.8 Å². The van der Waals surface area contributed by atoms with Crippen LogP contribution in [0.2, 0.25) is 0 Å². The van der Waals surface area contributed by atoms with Gasteiger partial charge in [0.2, 0.25) is 0 Å². The third-order valence-electron chi connectivity index (χ3n) is 5.56. The first-order valence-corrected chi connectivity index (χ1v) is 16.5. The number of ether oxygens (including phenoxy) is 2. The van der Waals surface area contributed by atoms with Gasteiger partial charge in [-0.2, -0.15) is 0 Å². The Balaban J connectivity index is 4.11. The number of likely N-dealkylation sites (N-methyl/N-ethyl adjacent to an activating group) is 1. The molecule has 9 heteroatoms. The second-order valence-corrected chi connectivity index (χ2v) is 12.2. The summed E-state index contributed by atoms with van der Waals surface area (Å²) in [5.41, 5.74) is 0. The third kappa shape index (κ3) is 29.5. The van der Waals surface area contributed by atoms with Crippen molar-refractivity contribution in [1.29, 1.82) is 0 Å². The molecule has 0 bridgehead atoms. The third-order valence-corrected chi connectivity index (χ3v) is 6.55. The summed E-state index contributed by atoms with van der Waals surface area (Å²) in [5.74, 6) is -0.387. The highest BCUT2D eigenvalue weighted by molar-refractivity contribution is 7.47. The molecule has 0 aromatic carbocycles. The fourth-order valence-corrected chi connectivity index (χ4v) is 4.00. The number of carbonyl (C=O) groups is 1. The fraction of sp³-hybridized carbons (Fsp3) is 0.656. The van der Waals surface area contributed by atoms with Crippen molar-refractivity contribution in [1.82, 2.24) is 0 Å². The number of phosphoric acid groups is 1. The van der Waals surface area contributed by atoms with Gasteiger partial charge >= 0.3 is 13.8 Å². The van der Waals surface area contributed by atoms with Crippen LogP contribution in [-0.4, -0.2) is 75.6 Å². The summed E-state index contributed by atoms with van der Waals surface area (Å²) in [6.07, 6.45) is 29.8. The smallest absolute Gasteiger partial charge is 0.457 e. The number of unbranched alkanes of at least 4 members (excludes halogenated alkanes) is 2. The van der Waals surface area contributed by atoms with Gasteiger partial charge in [-0.25, -0.2) is 4.57 Å². The molecular weight excluding hydrogens is 541 g/mol. The van der Waals surface area contributed by atoms with Crippen LogP contribution in [0.25, 0.3) is 0 Å². The SMILES string of the molecule is CC/C=C\C/C=C\C/C=C\C/C=C\C/C=C\CCCCOCC(COP(=O)(O)OCC[N+](C)(C)C)OC(=O)CCC. The minimum absolute atomic E-state index is 0.0754. The number of nitrogens with zero attached hydrogens (tertiary/aromatic N) is 1. The maximum absolute atomic E-state index is 12.2. The Morgan fingerprint density at radius 2 is 1.34 bits per heavy atom. The first kappa shape index (κ1) is 39.2. The zero-order valence-corrected chi connectivity index (χ0v) is 27.1. The zero-order chi connectivity index (χ0) is 30.7. The second kappa shape index (κ2) is 25.9. The second-order valence-electron chi connectivity index (χ2n) is 10.8. The molecule has 2 atom stereocenters. The molecule has 0 heterocycles. The lowest BCUT2D eigenvalue weighted by molar-refractivity contribution is -0.870. The summed E-state index contributed by atoms with van der Waals surface area (Å²) in [4.78, 5) is 21.9. The van der Waals surface area contributed by atoms with Crippen LogP contribution in [0.1, 0.15) is 78.1 Å². The van der Waals surface area contributed by atoms with Crippen LogP contribution < -0.4 is 0 Å². The van der Waals surface area contributed by atoms with Crippen molar-refractivity contribution in [3.63, 3.8) is 0 Å². The minimum Gasteiger partial charge on any atom is -0.457 e. The van der Waals surface area contributed by atoms with Crippen LogP contribution in [0.5, 0.6) is 0 Å². The summed E-state index contributed by atoms with van der Waals surface area (Å²) in [5, 5.41) is 0. The molecule has 2 unspecified atom stereocenters. The van der Waals surface area contributed by atoms with E-state index in [2.05, 4.69) is 67.7 Å². The van der Waals surface area contributed by atoms with Crippen molar-refractivity contribution in [2.45, 2.75) is 84.2 Å². The van der Waals surface area contributed by atoms with E-state index in [9.17, 15) is 14.3 Å². The minimum atomic E-state index is -4.25. The molecule has 0 aliphatic rings. The zero-order valence-electron chi connectivity index (χ0n) is 26.2. The number of phosphoric ester groups is 1. The Labute approximate surface area is 250 Å². The lowest BCUT2D eigenvalue weighted by Gasteiger charge is -2.24. The highest BCUT2D eigenvalue weighted by Crippen LogP contribution is 2.43. The maximum atomic E-state index is 12.2. The number of quaternary nitrogens is 1. The van der Waals surface area contributed by atoms with Gasteiger partial charge in [-0.05, 0) is 57.8 Å². The molecule has 0 amide bonds. The normalized spacial score (nSPS) is 15.2. The highest BCUT2D eigenvalue weighted by Gasteiger charge is 2.26. The average Bonchev–Trinajstić information content (AvgIpc) is 2.89. The average molecular weight is 599 g/mol. The van der Waals surface area contributed by atoms with Gasteiger partial charge in [-0.1, -0.05) is 74.6 Å². The molecule has 0 aliphatic carbocycles. The van der Waals surface area contributed by atoms with Crippen LogP contribution in [-0.2, 0) is 27.9 Å². The number of carbonyl (C=O) groups excluding carboxylic acids is 1. The Kier molecular flexibility index (Phi) is 24.7. The Bertz CT molecular complexity index is 843. The fourth-order valence-electron chi connectivity index (χ4n) is 3.26. The Morgan fingerprint density at radius 3 is 1.88 bits per heavy atom. The van der Waals surface area contributed by atoms with Gasteiger partial charge in [0, 0.05) is 13.0 Å². The van der Waals surface area contributed by atoms with Crippen molar-refractivity contribution >= 4 is 13.8 Å². The molecule has 0 fully saturated rings. The topological polar surface area (TPSA) is 91.3 Å². The van der Waals surface area contributed by atoms with Crippen LogP contribution in [0, 0.1) is 0 Å². The predicted molar refractivity (Wildman–Crippen MR) is 169 cm³/mol. The standard InChI is InChI=1S/C32H56NO7P/c1-6-8-9-10-11-12-13-14-15-16-17-18-19-20-21-22-23-24-27-37-29-31(40-32(34)25-7-2)30-39-41(35,36)38-28-26-33(3,4)5/h8-9,11-12,14-15,17-18,20-21,31H,6-7,10,13,16,19,22-30H2,1-5H3/p+1/b9-8-,12-11-,15-14-,18-17-,21-20-. The quantitative estimate of drug-likeness (QED) is 0.0363. The van der Waals surface area contributed by atoms with Gasteiger partial charge < -0.3 is 18.9 Å². The molecule has 0 aromatic heterocycles. The van der Waals surface area contributed by atoms with Crippen molar-refractivity contribution in [3.8, 4) is 0 Å². The molecule has 0 saturated carbocycles. The number of rotatable bonds is 26. The van der Waals surface area contributed by atoms with E-state index in [1.807, 2.05) is 28.1 Å². The number of hydrogen-bond donors (Lipinski definition) is 1. The summed E-state index contributed by atoms with van der Waals surface area (Å²) < 4.78 is 33.9. The van der Waals surface area contributed by atoms with E-state index < -0.39 is 13.9 Å². The van der Waals surface area contributed by atoms with Crippen molar-refractivity contribution in [2.75, 3.05) is 54.1 Å². The van der Waals surface area contributed by atoms with Crippen molar-refractivity contribution < 1.29 is 37.3 Å². The van der Waals surface area contributed by atoms with E-state index in [1.165, 1.54) is 0 Å². The van der Waals surface area contributed by atoms with Gasteiger partial charge in [0.25, 0.3) is 0 Å². The van der Waals surface area contributed by atoms with Crippen LogP contribution >= 0.6 is 7.82 Å². The lowest BCUT2D eigenvalue weighted by Crippen LogP contribution is -2.37. The monoisotopic (exact) mass is 598 g/mol. The largest absolute Gasteiger partial charge is 0.472 e. The summed E-state index contributed by atoms with van der Waals surface area (Å²) in [6, 6.07) is 0. The number of allylic oxidation sites excluding steroid dienone is 10. The molecular formula is C32H57NO7P+. The molecule has 0 aliphatic heterocycles. The molecule has 8 nitrogen and oxygen atoms in total. The van der Waals surface area contributed by atoms with Crippen LogP contribution in [0.4, 0.5) is 0 Å². The predicted octanol–water partition coefficient (Wildman–Crippen LogP) is 7.48. The van der Waals surface area contributed by atoms with Crippen LogP contribution in [0.3, 0.4) is 0 Å². The number of hydrogen-bond acceptors (Lipinski definition) is 6. The van der Waals surface area contributed by atoms with E-state index in [4.69, 9.17) is 18.5 Å². The van der Waals surface area contributed by atoms with Crippen LogP contribution in [0.15, 0.2) is 60.8 Å². The first-order chi connectivity index (χ1) is 19.6. The molecule has 1 N–H and O–H groups in total. The van der Waals surface area contributed by atoms with Crippen molar-refractivity contribution in [2.24, 2.45) is 0 Å². The molecule has 0 aromatic rings. The van der Waals surface area contributed by atoms with Gasteiger partial charge in [-0.15, -0.1) is 0 Å². The van der Waals surface area contributed by atoms with E-state index in [0.29, 0.717) is 24.1 Å². The number of esters is 1. The summed E-state index contributed by atoms with van der Waals surface area (Å²) in [6.45, 7) is 4.97. The molecule has 0 spiro atoms. The summed E-state index contributed by atoms with van der Waals surface area (Å²) in [7, 11) is 1.62. The van der Waals surface area contributed by atoms with E-state index in [1.54, 1.807) is 0 Å². The maximum Gasteiger partial charge on any atom is 0.472 e. The molecule has 0 rings (SSSR count). The Morgan fingerprint density at radius 1 is 0.780 bits per heavy atom. The Hall–Kier alpha value is -1.80. The summed E-state index contributed by atoms with van der Waals surface area (Å²) >= 11 is 0. The van der Waals surface area contributed by atoms with E-state index in [0.717, 1.165) is 51.4 Å². The van der Waals surface area contributed by atoms with Gasteiger partial charge in [0.05, 0.1) is 34.4 Å². The molecule has 236 valence electrons. The van der Waals surface area contributed by atoms with Gasteiger partial charge in [0.1, 0.15) is 19.3 Å². The molecule has 0 radical (unpaired) electrons. The van der Waals surface area contributed by atoms with Gasteiger partial charge in [0.15, 0.2) is 0 Å². The molecule has 41 heavy (non-hydrogen) atoms.